The highest BCUT2D eigenvalue weighted by Crippen LogP contribution is 2.27. The van der Waals surface area contributed by atoms with Gasteiger partial charge in [-0.05, 0) is 49.2 Å². The van der Waals surface area contributed by atoms with E-state index in [1.165, 1.54) is 6.07 Å². The summed E-state index contributed by atoms with van der Waals surface area (Å²) < 4.78 is 18.5. The number of carbonyl (C=O) groups is 2. The Morgan fingerprint density at radius 1 is 1.03 bits per heavy atom. The molecule has 2 aromatic carbocycles. The number of rotatable bonds is 7. The van der Waals surface area contributed by atoms with E-state index >= 15 is 0 Å². The highest BCUT2D eigenvalue weighted by molar-refractivity contribution is 6.05. The number of amides is 2. The number of fused-ring (bicyclic) bond motifs is 1. The summed E-state index contributed by atoms with van der Waals surface area (Å²) in [6, 6.07) is 11.1. The standard InChI is InChI=1S/C26H26FN7O2/c27-21-9-8-18(25-32-31-23-7-2-1-3-12-34(23)25)16-22(21)30-26(36)19-5-4-6-20(15-19)29-24(35)10-13-33-14-11-28-17-33/h4-6,8-9,11,14-17H,1-3,7,10,12-13H2,(H,29,35)(H,30,36). The van der Waals surface area contributed by atoms with Crippen LogP contribution in [0.25, 0.3) is 11.4 Å². The number of nitrogens with zero attached hydrogens (tertiary/aromatic N) is 5. The molecule has 0 bridgehead atoms. The van der Waals surface area contributed by atoms with Gasteiger partial charge in [0.25, 0.3) is 5.91 Å². The number of aryl methyl sites for hydroxylation is 2. The molecule has 0 fully saturated rings. The summed E-state index contributed by atoms with van der Waals surface area (Å²) >= 11 is 0. The summed E-state index contributed by atoms with van der Waals surface area (Å²) in [6.45, 7) is 1.31. The maximum Gasteiger partial charge on any atom is 0.255 e. The second-order valence-electron chi connectivity index (χ2n) is 8.73. The van der Waals surface area contributed by atoms with Crippen LogP contribution >= 0.6 is 0 Å². The van der Waals surface area contributed by atoms with Crippen LogP contribution in [0, 0.1) is 5.82 Å². The van der Waals surface area contributed by atoms with Crippen molar-refractivity contribution in [3.8, 4) is 11.4 Å². The van der Waals surface area contributed by atoms with Gasteiger partial charge in [-0.2, -0.15) is 0 Å². The summed E-state index contributed by atoms with van der Waals surface area (Å²) in [5.41, 5.74) is 1.52. The molecule has 0 saturated heterocycles. The van der Waals surface area contributed by atoms with Crippen molar-refractivity contribution in [1.82, 2.24) is 24.3 Å². The molecular weight excluding hydrogens is 461 g/mol. The SMILES string of the molecule is O=C(CCn1ccnc1)Nc1cccc(C(=O)Nc2cc(-c3nnc4n3CCCCC4)ccc2F)c1. The lowest BCUT2D eigenvalue weighted by molar-refractivity contribution is -0.116. The fourth-order valence-corrected chi connectivity index (χ4v) is 4.26. The lowest BCUT2D eigenvalue weighted by atomic mass is 10.1. The zero-order valence-electron chi connectivity index (χ0n) is 19.7. The number of anilines is 2. The molecule has 0 unspecified atom stereocenters. The molecule has 2 N–H and O–H groups in total. The van der Waals surface area contributed by atoms with Crippen molar-refractivity contribution < 1.29 is 14.0 Å². The van der Waals surface area contributed by atoms with Crippen LogP contribution in [0.1, 0.15) is 41.9 Å². The predicted molar refractivity (Wildman–Crippen MR) is 133 cm³/mol. The molecule has 3 heterocycles. The van der Waals surface area contributed by atoms with Crippen LogP contribution in [-0.4, -0.2) is 36.1 Å². The first kappa shape index (κ1) is 23.4. The Morgan fingerprint density at radius 3 is 2.81 bits per heavy atom. The Morgan fingerprint density at radius 2 is 1.94 bits per heavy atom. The highest BCUT2D eigenvalue weighted by Gasteiger charge is 2.18. The van der Waals surface area contributed by atoms with Crippen LogP contribution < -0.4 is 10.6 Å². The summed E-state index contributed by atoms with van der Waals surface area (Å²) in [5, 5.41) is 14.1. The van der Waals surface area contributed by atoms with E-state index in [0.717, 1.165) is 38.1 Å². The molecule has 184 valence electrons. The molecule has 0 radical (unpaired) electrons. The van der Waals surface area contributed by atoms with Crippen LogP contribution in [0.5, 0.6) is 0 Å². The third-order valence-electron chi connectivity index (χ3n) is 6.15. The first-order valence-corrected chi connectivity index (χ1v) is 12.0. The van der Waals surface area contributed by atoms with Gasteiger partial charge in [0.1, 0.15) is 11.6 Å². The smallest absolute Gasteiger partial charge is 0.255 e. The molecule has 0 spiro atoms. The van der Waals surface area contributed by atoms with E-state index in [2.05, 4.69) is 30.4 Å². The van der Waals surface area contributed by atoms with Crippen molar-refractivity contribution in [3.05, 3.63) is 78.4 Å². The quantitative estimate of drug-likeness (QED) is 0.405. The third-order valence-corrected chi connectivity index (χ3v) is 6.15. The van der Waals surface area contributed by atoms with E-state index in [-0.39, 0.29) is 18.0 Å². The van der Waals surface area contributed by atoms with Gasteiger partial charge in [-0.25, -0.2) is 9.37 Å². The lowest BCUT2D eigenvalue weighted by Crippen LogP contribution is -2.16. The van der Waals surface area contributed by atoms with Gasteiger partial charge in [-0.1, -0.05) is 12.5 Å². The van der Waals surface area contributed by atoms with Crippen LogP contribution in [0.15, 0.2) is 61.2 Å². The zero-order valence-corrected chi connectivity index (χ0v) is 19.7. The monoisotopic (exact) mass is 487 g/mol. The molecule has 1 aliphatic rings. The Labute approximate surface area is 207 Å². The van der Waals surface area contributed by atoms with Gasteiger partial charge in [0.2, 0.25) is 5.91 Å². The third kappa shape index (κ3) is 5.32. The minimum atomic E-state index is -0.549. The van der Waals surface area contributed by atoms with Gasteiger partial charge in [0, 0.05) is 55.1 Å². The maximum atomic E-state index is 14.6. The van der Waals surface area contributed by atoms with E-state index in [0.29, 0.717) is 29.2 Å². The number of hydrogen-bond acceptors (Lipinski definition) is 5. The molecule has 36 heavy (non-hydrogen) atoms. The predicted octanol–water partition coefficient (Wildman–Crippen LogP) is 4.29. The summed E-state index contributed by atoms with van der Waals surface area (Å²) in [6.07, 6.45) is 9.46. The minimum Gasteiger partial charge on any atom is -0.337 e. The van der Waals surface area contributed by atoms with Crippen LogP contribution in [0.2, 0.25) is 0 Å². The molecule has 2 amide bonds. The first-order valence-electron chi connectivity index (χ1n) is 12.0. The molecule has 0 saturated carbocycles. The fraction of sp³-hybridized carbons (Fsp3) is 0.269. The van der Waals surface area contributed by atoms with E-state index in [9.17, 15) is 14.0 Å². The first-order chi connectivity index (χ1) is 17.6. The number of carbonyl (C=O) groups excluding carboxylic acids is 2. The van der Waals surface area contributed by atoms with Gasteiger partial charge >= 0.3 is 0 Å². The van der Waals surface area contributed by atoms with Crippen molar-refractivity contribution in [1.29, 1.82) is 0 Å². The lowest BCUT2D eigenvalue weighted by Gasteiger charge is -2.11. The zero-order chi connectivity index (χ0) is 24.9. The van der Waals surface area contributed by atoms with E-state index < -0.39 is 11.7 Å². The molecular formula is C26H26FN7O2. The Kier molecular flexibility index (Phi) is 6.83. The molecule has 9 nitrogen and oxygen atoms in total. The van der Waals surface area contributed by atoms with Crippen LogP contribution in [0.4, 0.5) is 15.8 Å². The summed E-state index contributed by atoms with van der Waals surface area (Å²) in [4.78, 5) is 29.2. The number of halogens is 1. The van der Waals surface area contributed by atoms with E-state index in [1.54, 1.807) is 55.1 Å². The van der Waals surface area contributed by atoms with Crippen molar-refractivity contribution in [3.63, 3.8) is 0 Å². The largest absolute Gasteiger partial charge is 0.337 e. The van der Waals surface area contributed by atoms with Crippen LogP contribution in [-0.2, 0) is 24.3 Å². The fourth-order valence-electron chi connectivity index (χ4n) is 4.26. The van der Waals surface area contributed by atoms with Gasteiger partial charge in [-0.3, -0.25) is 9.59 Å². The van der Waals surface area contributed by atoms with Gasteiger partial charge in [-0.15, -0.1) is 10.2 Å². The van der Waals surface area contributed by atoms with Crippen molar-refractivity contribution >= 4 is 23.2 Å². The maximum absolute atomic E-state index is 14.6. The number of imidazole rings is 1. The molecule has 5 rings (SSSR count). The summed E-state index contributed by atoms with van der Waals surface area (Å²) in [5.74, 6) is 0.379. The van der Waals surface area contributed by atoms with E-state index in [4.69, 9.17) is 0 Å². The van der Waals surface area contributed by atoms with Gasteiger partial charge in [0.05, 0.1) is 12.0 Å². The average molecular weight is 488 g/mol. The van der Waals surface area contributed by atoms with Crippen molar-refractivity contribution in [2.75, 3.05) is 10.6 Å². The minimum absolute atomic E-state index is 0.0539. The normalized spacial score (nSPS) is 13.0. The topological polar surface area (TPSA) is 107 Å². The Bertz CT molecular complexity index is 1380. The number of aromatic nitrogens is 5. The molecule has 0 aliphatic carbocycles. The molecule has 0 atom stereocenters. The van der Waals surface area contributed by atoms with Crippen molar-refractivity contribution in [2.45, 2.75) is 45.2 Å². The molecule has 1 aliphatic heterocycles. The Balaban J connectivity index is 1.28. The van der Waals surface area contributed by atoms with Gasteiger partial charge < -0.3 is 19.8 Å². The molecule has 4 aromatic rings. The average Bonchev–Trinajstić information content (AvgIpc) is 3.49. The number of hydrogen-bond donors (Lipinski definition) is 2. The van der Waals surface area contributed by atoms with Gasteiger partial charge in [0.15, 0.2) is 5.82 Å². The Hall–Kier alpha value is -4.34. The van der Waals surface area contributed by atoms with Crippen LogP contribution in [0.3, 0.4) is 0 Å². The highest BCUT2D eigenvalue weighted by atomic mass is 19.1. The molecule has 10 heteroatoms. The number of benzene rings is 2. The molecule has 2 aromatic heterocycles. The second-order valence-corrected chi connectivity index (χ2v) is 8.73. The summed E-state index contributed by atoms with van der Waals surface area (Å²) in [7, 11) is 0. The number of nitrogens with one attached hydrogen (secondary N) is 2. The van der Waals surface area contributed by atoms with Crippen molar-refractivity contribution in [2.24, 2.45) is 0 Å². The second kappa shape index (κ2) is 10.5. The van der Waals surface area contributed by atoms with E-state index in [1.807, 2.05) is 4.57 Å².